The fraction of sp³-hybridized carbons (Fsp3) is 0.348. The maximum absolute atomic E-state index is 15.3. The number of rotatable bonds is 6. The van der Waals surface area contributed by atoms with Gasteiger partial charge in [0.05, 0.1) is 0 Å². The highest BCUT2D eigenvalue weighted by atomic mass is 19.1. The molecule has 2 aromatic carbocycles. The minimum atomic E-state index is -0.835. The second-order valence-electron chi connectivity index (χ2n) is 7.35. The van der Waals surface area contributed by atoms with Gasteiger partial charge in [0, 0.05) is 56.8 Å². The lowest BCUT2D eigenvalue weighted by Crippen LogP contribution is -2.36. The molecule has 0 atom stereocenters. The number of ether oxygens (including phenoxy) is 3. The Morgan fingerprint density at radius 2 is 1.83 bits per heavy atom. The van der Waals surface area contributed by atoms with Crippen molar-refractivity contribution in [3.05, 3.63) is 77.4 Å². The highest BCUT2D eigenvalue weighted by molar-refractivity contribution is 5.38. The van der Waals surface area contributed by atoms with E-state index < -0.39 is 17.2 Å². The van der Waals surface area contributed by atoms with Gasteiger partial charge in [-0.1, -0.05) is 18.2 Å². The molecule has 1 aromatic heterocycles. The SMILES string of the molecule is COC1(c2ccc(F)c(OCc3ccc(-n4ccnc4C)cc3)c2F)CCOCC1. The highest BCUT2D eigenvalue weighted by Gasteiger charge is 2.38. The maximum atomic E-state index is 15.3. The number of benzene rings is 2. The summed E-state index contributed by atoms with van der Waals surface area (Å²) in [6, 6.07) is 10.2. The lowest BCUT2D eigenvalue weighted by Gasteiger charge is -2.36. The molecule has 1 aliphatic heterocycles. The first kappa shape index (κ1) is 20.5. The van der Waals surface area contributed by atoms with Crippen molar-refractivity contribution in [2.75, 3.05) is 20.3 Å². The summed E-state index contributed by atoms with van der Waals surface area (Å²) in [6.07, 6.45) is 4.61. The molecule has 5 nitrogen and oxygen atoms in total. The number of hydrogen-bond donors (Lipinski definition) is 0. The third-order valence-corrected chi connectivity index (χ3v) is 5.65. The van der Waals surface area contributed by atoms with Crippen LogP contribution in [0.2, 0.25) is 0 Å². The molecule has 4 rings (SSSR count). The minimum absolute atomic E-state index is 0.0452. The van der Waals surface area contributed by atoms with Crippen molar-refractivity contribution in [3.63, 3.8) is 0 Å². The van der Waals surface area contributed by atoms with Gasteiger partial charge in [0.15, 0.2) is 17.4 Å². The van der Waals surface area contributed by atoms with Crippen LogP contribution in [0.15, 0.2) is 48.8 Å². The maximum Gasteiger partial charge on any atom is 0.191 e. The minimum Gasteiger partial charge on any atom is -0.483 e. The molecule has 0 radical (unpaired) electrons. The van der Waals surface area contributed by atoms with E-state index in [1.165, 1.54) is 19.2 Å². The fourth-order valence-corrected chi connectivity index (χ4v) is 3.86. The smallest absolute Gasteiger partial charge is 0.191 e. The third kappa shape index (κ3) is 3.82. The average molecular weight is 414 g/mol. The van der Waals surface area contributed by atoms with Gasteiger partial charge in [-0.3, -0.25) is 0 Å². The molecule has 30 heavy (non-hydrogen) atoms. The number of nitrogens with zero attached hydrogens (tertiary/aromatic N) is 2. The van der Waals surface area contributed by atoms with Crippen molar-refractivity contribution in [1.82, 2.24) is 9.55 Å². The summed E-state index contributed by atoms with van der Waals surface area (Å²) in [7, 11) is 1.54. The first-order valence-corrected chi connectivity index (χ1v) is 9.87. The van der Waals surface area contributed by atoms with Crippen LogP contribution in [0.4, 0.5) is 8.78 Å². The third-order valence-electron chi connectivity index (χ3n) is 5.65. The molecule has 1 aliphatic rings. The number of imidazole rings is 1. The predicted octanol–water partition coefficient (Wildman–Crippen LogP) is 4.69. The van der Waals surface area contributed by atoms with Crippen molar-refractivity contribution in [1.29, 1.82) is 0 Å². The average Bonchev–Trinajstić information content (AvgIpc) is 3.20. The largest absolute Gasteiger partial charge is 0.483 e. The molecule has 1 fully saturated rings. The Kier molecular flexibility index (Phi) is 5.83. The van der Waals surface area contributed by atoms with Crippen LogP contribution in [-0.4, -0.2) is 29.9 Å². The van der Waals surface area contributed by atoms with E-state index in [-0.39, 0.29) is 12.4 Å². The van der Waals surface area contributed by atoms with Crippen LogP contribution in [0.25, 0.3) is 5.69 Å². The summed E-state index contributed by atoms with van der Waals surface area (Å²) in [5.74, 6) is -0.963. The Morgan fingerprint density at radius 3 is 2.47 bits per heavy atom. The molecule has 0 aliphatic carbocycles. The Balaban J connectivity index is 1.54. The van der Waals surface area contributed by atoms with Crippen molar-refractivity contribution in [2.45, 2.75) is 32.0 Å². The van der Waals surface area contributed by atoms with Crippen LogP contribution in [-0.2, 0) is 21.7 Å². The molecule has 0 amide bonds. The topological polar surface area (TPSA) is 45.5 Å². The van der Waals surface area contributed by atoms with Crippen LogP contribution >= 0.6 is 0 Å². The number of halogens is 2. The van der Waals surface area contributed by atoms with Gasteiger partial charge in [-0.25, -0.2) is 13.8 Å². The van der Waals surface area contributed by atoms with Crippen LogP contribution in [0, 0.1) is 18.6 Å². The molecule has 3 aromatic rings. The lowest BCUT2D eigenvalue weighted by atomic mass is 9.85. The molecule has 2 heterocycles. The van der Waals surface area contributed by atoms with Gasteiger partial charge < -0.3 is 18.8 Å². The fourth-order valence-electron chi connectivity index (χ4n) is 3.86. The molecule has 7 heteroatoms. The van der Waals surface area contributed by atoms with Crippen molar-refractivity contribution in [2.24, 2.45) is 0 Å². The summed E-state index contributed by atoms with van der Waals surface area (Å²) >= 11 is 0. The summed E-state index contributed by atoms with van der Waals surface area (Å²) in [6.45, 7) is 2.89. The van der Waals surface area contributed by atoms with Crippen molar-refractivity contribution in [3.8, 4) is 11.4 Å². The zero-order valence-electron chi connectivity index (χ0n) is 17.0. The van der Waals surface area contributed by atoms with Gasteiger partial charge >= 0.3 is 0 Å². The van der Waals surface area contributed by atoms with E-state index >= 15 is 4.39 Å². The number of hydrogen-bond acceptors (Lipinski definition) is 4. The van der Waals surface area contributed by atoms with E-state index in [0.717, 1.165) is 17.1 Å². The molecule has 0 bridgehead atoms. The molecule has 158 valence electrons. The van der Waals surface area contributed by atoms with Gasteiger partial charge in [-0.05, 0) is 30.7 Å². The lowest BCUT2D eigenvalue weighted by molar-refractivity contribution is -0.0967. The quantitative estimate of drug-likeness (QED) is 0.587. The zero-order valence-corrected chi connectivity index (χ0v) is 17.0. The van der Waals surface area contributed by atoms with Crippen molar-refractivity contribution < 1.29 is 23.0 Å². The van der Waals surface area contributed by atoms with Crippen LogP contribution in [0.1, 0.15) is 29.8 Å². The van der Waals surface area contributed by atoms with Crippen LogP contribution in [0.5, 0.6) is 5.75 Å². The number of methoxy groups -OCH3 is 1. The Bertz CT molecular complexity index is 1010. The molecule has 1 saturated heterocycles. The molecular weight excluding hydrogens is 390 g/mol. The molecular formula is C23H24F2N2O3. The van der Waals surface area contributed by atoms with Gasteiger partial charge in [-0.15, -0.1) is 0 Å². The molecule has 0 N–H and O–H groups in total. The molecule has 0 unspecified atom stereocenters. The summed E-state index contributed by atoms with van der Waals surface area (Å²) in [5, 5.41) is 0. The monoisotopic (exact) mass is 414 g/mol. The zero-order chi connectivity index (χ0) is 21.1. The second kappa shape index (κ2) is 8.53. The van der Waals surface area contributed by atoms with E-state index in [1.807, 2.05) is 42.0 Å². The number of aryl methyl sites for hydroxylation is 1. The Labute approximate surface area is 174 Å². The summed E-state index contributed by atoms with van der Waals surface area (Å²) < 4.78 is 48.2. The second-order valence-corrected chi connectivity index (χ2v) is 7.35. The van der Waals surface area contributed by atoms with E-state index in [9.17, 15) is 4.39 Å². The Morgan fingerprint density at radius 1 is 1.10 bits per heavy atom. The van der Waals surface area contributed by atoms with Gasteiger partial charge in [0.2, 0.25) is 0 Å². The summed E-state index contributed by atoms with van der Waals surface area (Å²) in [5.41, 5.74) is 1.22. The van der Waals surface area contributed by atoms with Crippen LogP contribution < -0.4 is 4.74 Å². The van der Waals surface area contributed by atoms with E-state index in [4.69, 9.17) is 14.2 Å². The van der Waals surface area contributed by atoms with E-state index in [2.05, 4.69) is 4.98 Å². The first-order valence-electron chi connectivity index (χ1n) is 9.87. The normalized spacial score (nSPS) is 15.9. The highest BCUT2D eigenvalue weighted by Crippen LogP contribution is 2.40. The number of aromatic nitrogens is 2. The molecule has 0 spiro atoms. The summed E-state index contributed by atoms with van der Waals surface area (Å²) in [4.78, 5) is 4.21. The van der Waals surface area contributed by atoms with Crippen LogP contribution in [0.3, 0.4) is 0 Å². The standard InChI is InChI=1S/C23H24F2N2O3/c1-16-26-11-12-27(16)18-5-3-17(4-6-18)15-30-22-20(24)8-7-19(21(22)25)23(28-2)9-13-29-14-10-23/h3-8,11-12H,9-10,13-15H2,1-2H3. The van der Waals surface area contributed by atoms with Gasteiger partial charge in [-0.2, -0.15) is 0 Å². The van der Waals surface area contributed by atoms with Gasteiger partial charge in [0.1, 0.15) is 18.0 Å². The van der Waals surface area contributed by atoms with E-state index in [1.54, 1.807) is 6.20 Å². The van der Waals surface area contributed by atoms with Gasteiger partial charge in [0.25, 0.3) is 0 Å². The molecule has 0 saturated carbocycles. The van der Waals surface area contributed by atoms with E-state index in [0.29, 0.717) is 31.6 Å². The predicted molar refractivity (Wildman–Crippen MR) is 108 cm³/mol. The van der Waals surface area contributed by atoms with Crippen molar-refractivity contribution >= 4 is 0 Å². The first-order chi connectivity index (χ1) is 14.5. The Hall–Kier alpha value is -2.77.